The molecule has 0 aliphatic heterocycles. The molecule has 1 amide bonds. The minimum Gasteiger partial charge on any atom is -0.495 e. The van der Waals surface area contributed by atoms with Gasteiger partial charge in [0.1, 0.15) is 11.8 Å². The highest BCUT2D eigenvalue weighted by molar-refractivity contribution is 5.96. The van der Waals surface area contributed by atoms with Gasteiger partial charge in [-0.3, -0.25) is 4.79 Å². The van der Waals surface area contributed by atoms with E-state index >= 15 is 0 Å². The number of methoxy groups -OCH3 is 1. The molecular weight excluding hydrogens is 240 g/mol. The van der Waals surface area contributed by atoms with Gasteiger partial charge in [0.25, 0.3) is 0 Å². The van der Waals surface area contributed by atoms with Crippen molar-refractivity contribution in [3.63, 3.8) is 0 Å². The lowest BCUT2D eigenvalue weighted by Crippen LogP contribution is -2.27. The Kier molecular flexibility index (Phi) is 4.15. The molecule has 19 heavy (non-hydrogen) atoms. The van der Waals surface area contributed by atoms with Crippen LogP contribution in [-0.2, 0) is 4.79 Å². The molecule has 3 N–H and O–H groups in total. The molecule has 1 atom stereocenters. The van der Waals surface area contributed by atoms with Crippen LogP contribution in [0.2, 0.25) is 0 Å². The lowest BCUT2D eigenvalue weighted by atomic mass is 10.1. The van der Waals surface area contributed by atoms with Gasteiger partial charge in [-0.1, -0.05) is 42.5 Å². The van der Waals surface area contributed by atoms with Crippen molar-refractivity contribution in [2.75, 3.05) is 12.4 Å². The Hall–Kier alpha value is -2.33. The van der Waals surface area contributed by atoms with Crippen LogP contribution in [0.3, 0.4) is 0 Å². The molecule has 2 aromatic rings. The highest BCUT2D eigenvalue weighted by atomic mass is 16.5. The maximum atomic E-state index is 12.1. The average Bonchev–Trinajstić information content (AvgIpc) is 2.48. The van der Waals surface area contributed by atoms with Crippen LogP contribution in [0.15, 0.2) is 54.6 Å². The quantitative estimate of drug-likeness (QED) is 0.882. The molecule has 0 aliphatic rings. The third-order valence-electron chi connectivity index (χ3n) is 2.81. The second-order valence-corrected chi connectivity index (χ2v) is 4.08. The van der Waals surface area contributed by atoms with Gasteiger partial charge >= 0.3 is 0 Å². The number of ether oxygens (including phenoxy) is 1. The van der Waals surface area contributed by atoms with Crippen molar-refractivity contribution in [3.05, 3.63) is 60.2 Å². The van der Waals surface area contributed by atoms with Gasteiger partial charge in [0.05, 0.1) is 12.8 Å². The molecule has 4 nitrogen and oxygen atoms in total. The largest absolute Gasteiger partial charge is 0.495 e. The van der Waals surface area contributed by atoms with Crippen LogP contribution in [0, 0.1) is 0 Å². The normalized spacial score (nSPS) is 11.7. The Bertz CT molecular complexity index is 555. The number of benzene rings is 2. The molecule has 0 saturated carbocycles. The van der Waals surface area contributed by atoms with E-state index in [0.717, 1.165) is 5.56 Å². The molecule has 0 bridgehead atoms. The van der Waals surface area contributed by atoms with Gasteiger partial charge < -0.3 is 15.8 Å². The molecule has 0 aliphatic carbocycles. The van der Waals surface area contributed by atoms with Crippen molar-refractivity contribution < 1.29 is 9.53 Å². The predicted octanol–water partition coefficient (Wildman–Crippen LogP) is 2.33. The Balaban J connectivity index is 2.13. The summed E-state index contributed by atoms with van der Waals surface area (Å²) in [5, 5.41) is 2.77. The smallest absolute Gasteiger partial charge is 0.245 e. The number of rotatable bonds is 4. The maximum absolute atomic E-state index is 12.1. The van der Waals surface area contributed by atoms with Crippen molar-refractivity contribution in [1.82, 2.24) is 0 Å². The Morgan fingerprint density at radius 2 is 1.74 bits per heavy atom. The molecular formula is C15H16N2O2. The first-order valence-electron chi connectivity index (χ1n) is 5.97. The van der Waals surface area contributed by atoms with Gasteiger partial charge in [0, 0.05) is 0 Å². The van der Waals surface area contributed by atoms with Crippen molar-refractivity contribution >= 4 is 11.6 Å². The first kappa shape index (κ1) is 13.1. The summed E-state index contributed by atoms with van der Waals surface area (Å²) in [5.41, 5.74) is 7.31. The third kappa shape index (κ3) is 3.11. The molecule has 0 saturated heterocycles. The second kappa shape index (κ2) is 6.02. The van der Waals surface area contributed by atoms with E-state index in [1.807, 2.05) is 42.5 Å². The Labute approximate surface area is 112 Å². The highest BCUT2D eigenvalue weighted by Gasteiger charge is 2.16. The van der Waals surface area contributed by atoms with Crippen LogP contribution in [-0.4, -0.2) is 13.0 Å². The van der Waals surface area contributed by atoms with Crippen LogP contribution in [0.4, 0.5) is 5.69 Å². The fraction of sp³-hybridized carbons (Fsp3) is 0.133. The van der Waals surface area contributed by atoms with Crippen molar-refractivity contribution in [2.24, 2.45) is 5.73 Å². The third-order valence-corrected chi connectivity index (χ3v) is 2.81. The summed E-state index contributed by atoms with van der Waals surface area (Å²) in [6.07, 6.45) is 0. The number of hydrogen-bond donors (Lipinski definition) is 2. The minimum absolute atomic E-state index is 0.268. The molecule has 0 unspecified atom stereocenters. The van der Waals surface area contributed by atoms with Crippen molar-refractivity contribution in [3.8, 4) is 5.75 Å². The van der Waals surface area contributed by atoms with Gasteiger partial charge in [0.2, 0.25) is 5.91 Å². The number of para-hydroxylation sites is 2. The van der Waals surface area contributed by atoms with Gasteiger partial charge in [0.15, 0.2) is 0 Å². The van der Waals surface area contributed by atoms with Crippen LogP contribution in [0.1, 0.15) is 11.6 Å². The van der Waals surface area contributed by atoms with E-state index in [9.17, 15) is 4.79 Å². The molecule has 0 heterocycles. The zero-order chi connectivity index (χ0) is 13.7. The highest BCUT2D eigenvalue weighted by Crippen LogP contribution is 2.24. The minimum atomic E-state index is -0.703. The van der Waals surface area contributed by atoms with E-state index in [-0.39, 0.29) is 5.91 Å². The van der Waals surface area contributed by atoms with E-state index < -0.39 is 6.04 Å². The second-order valence-electron chi connectivity index (χ2n) is 4.08. The number of carbonyl (C=O) groups excluding carboxylic acids is 1. The van der Waals surface area contributed by atoms with E-state index in [0.29, 0.717) is 11.4 Å². The van der Waals surface area contributed by atoms with Gasteiger partial charge in [-0.15, -0.1) is 0 Å². The molecule has 0 spiro atoms. The Morgan fingerprint density at radius 1 is 1.11 bits per heavy atom. The molecule has 0 aromatic heterocycles. The number of nitrogens with one attached hydrogen (secondary N) is 1. The number of amides is 1. The molecule has 0 fully saturated rings. The van der Waals surface area contributed by atoms with E-state index in [1.165, 1.54) is 0 Å². The first-order valence-corrected chi connectivity index (χ1v) is 5.97. The van der Waals surface area contributed by atoms with Gasteiger partial charge in [-0.25, -0.2) is 0 Å². The first-order chi connectivity index (χ1) is 9.22. The van der Waals surface area contributed by atoms with Gasteiger partial charge in [-0.2, -0.15) is 0 Å². The summed E-state index contributed by atoms with van der Waals surface area (Å²) in [5.74, 6) is 0.340. The molecule has 98 valence electrons. The summed E-state index contributed by atoms with van der Waals surface area (Å²) in [4.78, 5) is 12.1. The zero-order valence-corrected chi connectivity index (χ0v) is 10.7. The maximum Gasteiger partial charge on any atom is 0.245 e. The summed E-state index contributed by atoms with van der Waals surface area (Å²) < 4.78 is 5.18. The van der Waals surface area contributed by atoms with Crippen LogP contribution in [0.25, 0.3) is 0 Å². The monoisotopic (exact) mass is 256 g/mol. The summed E-state index contributed by atoms with van der Waals surface area (Å²) in [6, 6.07) is 15.8. The number of carbonyl (C=O) groups is 1. The summed E-state index contributed by atoms with van der Waals surface area (Å²) in [7, 11) is 1.56. The average molecular weight is 256 g/mol. The van der Waals surface area contributed by atoms with Crippen LogP contribution >= 0.6 is 0 Å². The van der Waals surface area contributed by atoms with E-state index in [4.69, 9.17) is 10.5 Å². The number of anilines is 1. The van der Waals surface area contributed by atoms with Crippen molar-refractivity contribution in [1.29, 1.82) is 0 Å². The molecule has 2 rings (SSSR count). The fourth-order valence-corrected chi connectivity index (χ4v) is 1.77. The van der Waals surface area contributed by atoms with Crippen molar-refractivity contribution in [2.45, 2.75) is 6.04 Å². The van der Waals surface area contributed by atoms with Gasteiger partial charge in [-0.05, 0) is 17.7 Å². The standard InChI is InChI=1S/C15H16N2O2/c1-19-13-10-6-5-9-12(13)17-15(18)14(16)11-7-3-2-4-8-11/h2-10,14H,16H2,1H3,(H,17,18)/t14-/m0/s1. The lowest BCUT2D eigenvalue weighted by molar-refractivity contribution is -0.117. The zero-order valence-electron chi connectivity index (χ0n) is 10.7. The van der Waals surface area contributed by atoms with Crippen LogP contribution in [0.5, 0.6) is 5.75 Å². The van der Waals surface area contributed by atoms with Crippen LogP contribution < -0.4 is 15.8 Å². The Morgan fingerprint density at radius 3 is 2.42 bits per heavy atom. The predicted molar refractivity (Wildman–Crippen MR) is 75.0 cm³/mol. The van der Waals surface area contributed by atoms with E-state index in [2.05, 4.69) is 5.32 Å². The molecule has 2 aromatic carbocycles. The SMILES string of the molecule is COc1ccccc1NC(=O)[C@@H](N)c1ccccc1. The van der Waals surface area contributed by atoms with E-state index in [1.54, 1.807) is 19.2 Å². The molecule has 4 heteroatoms. The topological polar surface area (TPSA) is 64.3 Å². The lowest BCUT2D eigenvalue weighted by Gasteiger charge is -2.14. The molecule has 0 radical (unpaired) electrons. The number of nitrogens with two attached hydrogens (primary N) is 1. The summed E-state index contributed by atoms with van der Waals surface area (Å²) >= 11 is 0. The number of hydrogen-bond acceptors (Lipinski definition) is 3. The fourth-order valence-electron chi connectivity index (χ4n) is 1.77. The summed E-state index contributed by atoms with van der Waals surface area (Å²) in [6.45, 7) is 0.